The summed E-state index contributed by atoms with van der Waals surface area (Å²) in [5, 5.41) is 16.0. The maximum absolute atomic E-state index is 12.8. The lowest BCUT2D eigenvalue weighted by molar-refractivity contribution is -0.137. The SMILES string of the molecule is COC(=O)C1=C(C)NC(C)=C(C(=O)OC)C1c1cccc(NC(=O)CCCCN2CCC(C#N)(c3ccccc3)CC2)c1. The smallest absolute Gasteiger partial charge is 0.336 e. The lowest BCUT2D eigenvalue weighted by Gasteiger charge is -2.37. The zero-order valence-electron chi connectivity index (χ0n) is 25.4. The van der Waals surface area contributed by atoms with E-state index in [1.54, 1.807) is 32.0 Å². The Morgan fingerprint density at radius 2 is 1.58 bits per heavy atom. The van der Waals surface area contributed by atoms with E-state index >= 15 is 0 Å². The summed E-state index contributed by atoms with van der Waals surface area (Å²) < 4.78 is 10.1. The molecule has 2 aromatic carbocycles. The molecule has 9 heteroatoms. The molecule has 2 N–H and O–H groups in total. The molecule has 226 valence electrons. The van der Waals surface area contributed by atoms with Gasteiger partial charge in [0.15, 0.2) is 0 Å². The Hall–Kier alpha value is -4.42. The molecule has 0 radical (unpaired) electrons. The van der Waals surface area contributed by atoms with Crippen LogP contribution in [-0.2, 0) is 29.3 Å². The number of carbonyl (C=O) groups is 3. The topological polar surface area (TPSA) is 121 Å². The fraction of sp³-hybridized carbons (Fsp3) is 0.412. The fourth-order valence-corrected chi connectivity index (χ4v) is 6.11. The Kier molecular flexibility index (Phi) is 10.4. The van der Waals surface area contributed by atoms with Gasteiger partial charge in [0.1, 0.15) is 0 Å². The second kappa shape index (κ2) is 14.2. The number of nitriles is 1. The lowest BCUT2D eigenvalue weighted by Crippen LogP contribution is -2.42. The minimum Gasteiger partial charge on any atom is -0.466 e. The van der Waals surface area contributed by atoms with E-state index in [-0.39, 0.29) is 5.91 Å². The number of dihydropyridines is 1. The number of unbranched alkanes of at least 4 members (excludes halogenated alkanes) is 1. The number of hydrogen-bond acceptors (Lipinski definition) is 8. The minimum atomic E-state index is -0.718. The predicted molar refractivity (Wildman–Crippen MR) is 164 cm³/mol. The molecule has 0 unspecified atom stereocenters. The molecule has 2 aliphatic heterocycles. The van der Waals surface area contributed by atoms with Crippen LogP contribution < -0.4 is 10.6 Å². The van der Waals surface area contributed by atoms with Gasteiger partial charge in [-0.05, 0) is 82.4 Å². The standard InChI is InChI=1S/C34H40N4O5/c1-23-29(32(40)42-3)31(30(24(2)36-23)33(41)43-4)25-11-10-14-27(21-25)37-28(39)15-8-9-18-38-19-16-34(22-35,17-20-38)26-12-6-5-7-13-26/h5-7,10-14,21,31,36H,8-9,15-20H2,1-4H3,(H,37,39). The third-order valence-electron chi connectivity index (χ3n) is 8.45. The van der Waals surface area contributed by atoms with Crippen LogP contribution in [0.25, 0.3) is 0 Å². The third-order valence-corrected chi connectivity index (χ3v) is 8.45. The first-order valence-corrected chi connectivity index (χ1v) is 14.7. The summed E-state index contributed by atoms with van der Waals surface area (Å²) in [6.45, 7) is 6.13. The predicted octanol–water partition coefficient (Wildman–Crippen LogP) is 4.93. The molecule has 1 saturated heterocycles. The zero-order chi connectivity index (χ0) is 31.0. The molecule has 1 fully saturated rings. The number of allylic oxidation sites excluding steroid dienone is 2. The fourth-order valence-electron chi connectivity index (χ4n) is 6.11. The number of methoxy groups -OCH3 is 2. The van der Waals surface area contributed by atoms with E-state index in [0.717, 1.165) is 50.9 Å². The molecule has 0 bridgehead atoms. The molecule has 4 rings (SSSR count). The first-order valence-electron chi connectivity index (χ1n) is 14.7. The van der Waals surface area contributed by atoms with E-state index in [9.17, 15) is 19.6 Å². The summed E-state index contributed by atoms with van der Waals surface area (Å²) >= 11 is 0. The molecule has 1 amide bonds. The zero-order valence-corrected chi connectivity index (χ0v) is 25.4. The van der Waals surface area contributed by atoms with Gasteiger partial charge in [0.2, 0.25) is 5.91 Å². The maximum atomic E-state index is 12.8. The molecule has 9 nitrogen and oxygen atoms in total. The Labute approximate surface area is 253 Å². The van der Waals surface area contributed by atoms with Gasteiger partial charge in [-0.1, -0.05) is 42.5 Å². The van der Waals surface area contributed by atoms with Gasteiger partial charge in [0.25, 0.3) is 0 Å². The third kappa shape index (κ3) is 7.15. The van der Waals surface area contributed by atoms with Crippen LogP contribution in [0.15, 0.2) is 77.1 Å². The maximum Gasteiger partial charge on any atom is 0.336 e. The van der Waals surface area contributed by atoms with Crippen LogP contribution in [0.3, 0.4) is 0 Å². The van der Waals surface area contributed by atoms with E-state index in [1.807, 2.05) is 36.4 Å². The van der Waals surface area contributed by atoms with Crippen molar-refractivity contribution in [3.8, 4) is 6.07 Å². The molecule has 0 atom stereocenters. The first kappa shape index (κ1) is 31.5. The van der Waals surface area contributed by atoms with Crippen LogP contribution in [-0.4, -0.2) is 56.6 Å². The highest BCUT2D eigenvalue weighted by atomic mass is 16.5. The van der Waals surface area contributed by atoms with E-state index in [2.05, 4.69) is 21.6 Å². The number of nitrogens with zero attached hydrogens (tertiary/aromatic N) is 2. The van der Waals surface area contributed by atoms with Crippen LogP contribution in [0, 0.1) is 11.3 Å². The highest BCUT2D eigenvalue weighted by Gasteiger charge is 2.38. The molecule has 0 saturated carbocycles. The first-order chi connectivity index (χ1) is 20.7. The summed E-state index contributed by atoms with van der Waals surface area (Å²) in [5.41, 5.74) is 3.71. The molecule has 2 aromatic rings. The van der Waals surface area contributed by atoms with E-state index in [4.69, 9.17) is 9.47 Å². The van der Waals surface area contributed by atoms with Gasteiger partial charge in [-0.2, -0.15) is 5.26 Å². The number of esters is 2. The van der Waals surface area contributed by atoms with Gasteiger partial charge < -0.3 is 25.0 Å². The molecule has 0 aliphatic carbocycles. The van der Waals surface area contributed by atoms with Crippen molar-refractivity contribution in [2.75, 3.05) is 39.2 Å². The van der Waals surface area contributed by atoms with E-state index in [1.165, 1.54) is 14.2 Å². The monoisotopic (exact) mass is 584 g/mol. The number of anilines is 1. The summed E-state index contributed by atoms with van der Waals surface area (Å²) in [7, 11) is 2.60. The Morgan fingerprint density at radius 3 is 2.16 bits per heavy atom. The number of likely N-dealkylation sites (tertiary alicyclic amines) is 1. The van der Waals surface area contributed by atoms with Gasteiger partial charge in [-0.25, -0.2) is 9.59 Å². The minimum absolute atomic E-state index is 0.103. The quantitative estimate of drug-likeness (QED) is 0.298. The van der Waals surface area contributed by atoms with Crippen molar-refractivity contribution in [1.82, 2.24) is 10.2 Å². The van der Waals surface area contributed by atoms with Gasteiger partial charge in [-0.3, -0.25) is 4.79 Å². The number of amides is 1. The van der Waals surface area contributed by atoms with E-state index < -0.39 is 23.3 Å². The van der Waals surface area contributed by atoms with Crippen molar-refractivity contribution in [2.45, 2.75) is 57.3 Å². The van der Waals surface area contributed by atoms with Crippen molar-refractivity contribution in [1.29, 1.82) is 5.26 Å². The van der Waals surface area contributed by atoms with Crippen molar-refractivity contribution in [3.63, 3.8) is 0 Å². The number of nitrogens with one attached hydrogen (secondary N) is 2. The molecule has 43 heavy (non-hydrogen) atoms. The molecule has 2 heterocycles. The molecular formula is C34H40N4O5. The Morgan fingerprint density at radius 1 is 0.953 bits per heavy atom. The van der Waals surface area contributed by atoms with Crippen molar-refractivity contribution < 1.29 is 23.9 Å². The van der Waals surface area contributed by atoms with Gasteiger partial charge in [0.05, 0.1) is 42.8 Å². The number of benzene rings is 2. The molecular weight excluding hydrogens is 544 g/mol. The van der Waals surface area contributed by atoms with Gasteiger partial charge in [0, 0.05) is 23.5 Å². The largest absolute Gasteiger partial charge is 0.466 e. The van der Waals surface area contributed by atoms with Gasteiger partial charge >= 0.3 is 11.9 Å². The summed E-state index contributed by atoms with van der Waals surface area (Å²) in [5.74, 6) is -1.92. The molecule has 0 spiro atoms. The van der Waals surface area contributed by atoms with Crippen molar-refractivity contribution in [3.05, 3.63) is 88.3 Å². The second-order valence-electron chi connectivity index (χ2n) is 11.2. The molecule has 2 aliphatic rings. The average Bonchev–Trinajstić information content (AvgIpc) is 3.03. The number of rotatable bonds is 10. The number of ether oxygens (including phenoxy) is 2. The van der Waals surface area contributed by atoms with Crippen LogP contribution in [0.5, 0.6) is 0 Å². The summed E-state index contributed by atoms with van der Waals surface area (Å²) in [6.07, 6.45) is 3.60. The number of hydrogen-bond donors (Lipinski definition) is 2. The summed E-state index contributed by atoms with van der Waals surface area (Å²) in [6, 6.07) is 19.8. The highest BCUT2D eigenvalue weighted by Crippen LogP contribution is 2.40. The van der Waals surface area contributed by atoms with Crippen molar-refractivity contribution in [2.24, 2.45) is 0 Å². The second-order valence-corrected chi connectivity index (χ2v) is 11.2. The summed E-state index contributed by atoms with van der Waals surface area (Å²) in [4.78, 5) is 40.8. The number of carbonyl (C=O) groups excluding carboxylic acids is 3. The Balaban J connectivity index is 1.34. The van der Waals surface area contributed by atoms with Crippen LogP contribution in [0.2, 0.25) is 0 Å². The van der Waals surface area contributed by atoms with Crippen LogP contribution >= 0.6 is 0 Å². The lowest BCUT2D eigenvalue weighted by atomic mass is 9.74. The van der Waals surface area contributed by atoms with E-state index in [0.29, 0.717) is 40.2 Å². The van der Waals surface area contributed by atoms with Crippen molar-refractivity contribution >= 4 is 23.5 Å². The van der Waals surface area contributed by atoms with Crippen LogP contribution in [0.4, 0.5) is 5.69 Å². The molecule has 0 aromatic heterocycles. The van der Waals surface area contributed by atoms with Gasteiger partial charge in [-0.15, -0.1) is 0 Å². The Bertz CT molecular complexity index is 1410. The average molecular weight is 585 g/mol. The van der Waals surface area contributed by atoms with Crippen LogP contribution in [0.1, 0.15) is 63.0 Å². The number of piperidine rings is 1. The normalized spacial score (nSPS) is 17.1. The highest BCUT2D eigenvalue weighted by molar-refractivity contribution is 6.00.